The smallest absolute Gasteiger partial charge is 0.314 e. The Morgan fingerprint density at radius 3 is 2.23 bits per heavy atom. The quantitative estimate of drug-likeness (QED) is 0.641. The van der Waals surface area contributed by atoms with Crippen LogP contribution < -0.4 is 10.6 Å². The molecule has 0 aliphatic carbocycles. The Labute approximate surface area is 80.7 Å². The van der Waals surface area contributed by atoms with Crippen molar-refractivity contribution in [1.29, 1.82) is 0 Å². The molecule has 13 heavy (non-hydrogen) atoms. The molecule has 0 heterocycles. The molecule has 0 aliphatic heterocycles. The lowest BCUT2D eigenvalue weighted by atomic mass is 10.4. The van der Waals surface area contributed by atoms with E-state index in [4.69, 9.17) is 0 Å². The molecule has 0 unspecified atom stereocenters. The van der Waals surface area contributed by atoms with Gasteiger partial charge in [0.1, 0.15) is 0 Å². The Balaban J connectivity index is 3.37. The number of nitrogens with one attached hydrogen (secondary N) is 2. The van der Waals surface area contributed by atoms with Crippen molar-refractivity contribution in [3.8, 4) is 0 Å². The van der Waals surface area contributed by atoms with Crippen molar-refractivity contribution in [3.05, 3.63) is 0 Å². The lowest BCUT2D eigenvalue weighted by molar-refractivity contribution is 0.237. The van der Waals surface area contributed by atoms with Gasteiger partial charge in [0.2, 0.25) is 0 Å². The molecule has 4 nitrogen and oxygen atoms in total. The summed E-state index contributed by atoms with van der Waals surface area (Å²) in [6.07, 6.45) is 0. The molecule has 0 saturated carbocycles. The minimum atomic E-state index is -0.0744. The van der Waals surface area contributed by atoms with E-state index in [1.807, 2.05) is 6.92 Å². The highest BCUT2D eigenvalue weighted by atomic mass is 16.2. The molecule has 2 amide bonds. The molecule has 0 aromatic carbocycles. The van der Waals surface area contributed by atoms with Gasteiger partial charge in [0.25, 0.3) is 0 Å². The van der Waals surface area contributed by atoms with Crippen molar-refractivity contribution in [2.75, 3.05) is 32.7 Å². The van der Waals surface area contributed by atoms with Gasteiger partial charge in [-0.1, -0.05) is 13.8 Å². The van der Waals surface area contributed by atoms with Crippen LogP contribution >= 0.6 is 0 Å². The number of urea groups is 1. The summed E-state index contributed by atoms with van der Waals surface area (Å²) in [7, 11) is 0. The highest BCUT2D eigenvalue weighted by Crippen LogP contribution is 1.83. The zero-order valence-corrected chi connectivity index (χ0v) is 8.89. The Hall–Kier alpha value is -0.770. The number of rotatable bonds is 6. The third kappa shape index (κ3) is 6.40. The molecule has 0 aromatic rings. The van der Waals surface area contributed by atoms with Gasteiger partial charge >= 0.3 is 6.03 Å². The molecular formula is C9H21N3O. The van der Waals surface area contributed by atoms with Crippen LogP contribution in [0.2, 0.25) is 0 Å². The number of amides is 2. The summed E-state index contributed by atoms with van der Waals surface area (Å²) in [5.74, 6) is 0. The Kier molecular flexibility index (Phi) is 7.39. The van der Waals surface area contributed by atoms with Crippen LogP contribution in [0.15, 0.2) is 0 Å². The fourth-order valence-corrected chi connectivity index (χ4v) is 1.09. The molecule has 78 valence electrons. The average molecular weight is 187 g/mol. The van der Waals surface area contributed by atoms with Crippen molar-refractivity contribution in [1.82, 2.24) is 15.5 Å². The lowest BCUT2D eigenvalue weighted by Crippen LogP contribution is -2.40. The van der Waals surface area contributed by atoms with Crippen LogP contribution in [0.1, 0.15) is 20.8 Å². The lowest BCUT2D eigenvalue weighted by Gasteiger charge is -2.17. The minimum absolute atomic E-state index is 0.0744. The minimum Gasteiger partial charge on any atom is -0.338 e. The second-order valence-electron chi connectivity index (χ2n) is 2.81. The molecule has 0 bridgehead atoms. The summed E-state index contributed by atoms with van der Waals surface area (Å²) in [6, 6.07) is -0.0744. The molecule has 0 saturated heterocycles. The second kappa shape index (κ2) is 7.86. The van der Waals surface area contributed by atoms with Gasteiger partial charge in [-0.25, -0.2) is 4.79 Å². The average Bonchev–Trinajstić information content (AvgIpc) is 2.13. The Morgan fingerprint density at radius 1 is 1.15 bits per heavy atom. The molecule has 0 radical (unpaired) electrons. The van der Waals surface area contributed by atoms with Crippen molar-refractivity contribution in [2.45, 2.75) is 20.8 Å². The fourth-order valence-electron chi connectivity index (χ4n) is 1.09. The van der Waals surface area contributed by atoms with E-state index < -0.39 is 0 Å². The number of hydrogen-bond donors (Lipinski definition) is 2. The summed E-state index contributed by atoms with van der Waals surface area (Å²) < 4.78 is 0. The molecule has 4 heteroatoms. The predicted molar refractivity (Wildman–Crippen MR) is 54.9 cm³/mol. The molecule has 0 rings (SSSR count). The third-order valence-electron chi connectivity index (χ3n) is 1.95. The Morgan fingerprint density at radius 2 is 1.77 bits per heavy atom. The molecule has 0 aromatic heterocycles. The van der Waals surface area contributed by atoms with E-state index in [1.165, 1.54) is 0 Å². The van der Waals surface area contributed by atoms with Crippen LogP contribution in [0.25, 0.3) is 0 Å². The van der Waals surface area contributed by atoms with Crippen LogP contribution in [0.5, 0.6) is 0 Å². The number of likely N-dealkylation sites (N-methyl/N-ethyl adjacent to an activating group) is 1. The van der Waals surface area contributed by atoms with E-state index >= 15 is 0 Å². The first-order chi connectivity index (χ1) is 6.24. The fraction of sp³-hybridized carbons (Fsp3) is 0.889. The molecule has 0 atom stereocenters. The Bertz CT molecular complexity index is 135. The molecule has 0 aliphatic rings. The molecule has 0 fully saturated rings. The van der Waals surface area contributed by atoms with E-state index in [0.29, 0.717) is 13.1 Å². The van der Waals surface area contributed by atoms with Gasteiger partial charge in [0.15, 0.2) is 0 Å². The van der Waals surface area contributed by atoms with Gasteiger partial charge in [-0.05, 0) is 20.0 Å². The first-order valence-electron chi connectivity index (χ1n) is 4.98. The third-order valence-corrected chi connectivity index (χ3v) is 1.95. The van der Waals surface area contributed by atoms with E-state index in [1.54, 1.807) is 0 Å². The van der Waals surface area contributed by atoms with Gasteiger partial charge in [-0.3, -0.25) is 0 Å². The number of hydrogen-bond acceptors (Lipinski definition) is 2. The maximum atomic E-state index is 11.0. The second-order valence-corrected chi connectivity index (χ2v) is 2.81. The van der Waals surface area contributed by atoms with Gasteiger partial charge in [-0.2, -0.15) is 0 Å². The van der Waals surface area contributed by atoms with Crippen LogP contribution in [-0.4, -0.2) is 43.7 Å². The first-order valence-corrected chi connectivity index (χ1v) is 4.98. The SMILES string of the molecule is CCNC(=O)NCCN(CC)CC. The number of carbonyl (C=O) groups excluding carboxylic acids is 1. The highest BCUT2D eigenvalue weighted by molar-refractivity contribution is 5.73. The topological polar surface area (TPSA) is 44.4 Å². The van der Waals surface area contributed by atoms with E-state index in [9.17, 15) is 4.79 Å². The van der Waals surface area contributed by atoms with Crippen LogP contribution in [-0.2, 0) is 0 Å². The molecular weight excluding hydrogens is 166 g/mol. The highest BCUT2D eigenvalue weighted by Gasteiger charge is 2.00. The van der Waals surface area contributed by atoms with Crippen LogP contribution in [0.3, 0.4) is 0 Å². The normalized spacial score (nSPS) is 10.2. The maximum Gasteiger partial charge on any atom is 0.314 e. The van der Waals surface area contributed by atoms with Crippen molar-refractivity contribution >= 4 is 6.03 Å². The summed E-state index contributed by atoms with van der Waals surface area (Å²) in [4.78, 5) is 13.2. The summed E-state index contributed by atoms with van der Waals surface area (Å²) in [5, 5.41) is 5.48. The predicted octanol–water partition coefficient (Wildman–Crippen LogP) is 0.647. The summed E-state index contributed by atoms with van der Waals surface area (Å²) in [6.45, 7) is 10.5. The largest absolute Gasteiger partial charge is 0.338 e. The monoisotopic (exact) mass is 187 g/mol. The summed E-state index contributed by atoms with van der Waals surface area (Å²) in [5.41, 5.74) is 0. The number of nitrogens with zero attached hydrogens (tertiary/aromatic N) is 1. The molecule has 0 spiro atoms. The van der Waals surface area contributed by atoms with Crippen LogP contribution in [0, 0.1) is 0 Å². The van der Waals surface area contributed by atoms with Gasteiger partial charge in [0, 0.05) is 19.6 Å². The molecule has 2 N–H and O–H groups in total. The van der Waals surface area contributed by atoms with Crippen LogP contribution in [0.4, 0.5) is 4.79 Å². The zero-order valence-electron chi connectivity index (χ0n) is 8.89. The van der Waals surface area contributed by atoms with Gasteiger partial charge in [0.05, 0.1) is 0 Å². The van der Waals surface area contributed by atoms with E-state index in [-0.39, 0.29) is 6.03 Å². The first kappa shape index (κ1) is 12.2. The summed E-state index contributed by atoms with van der Waals surface area (Å²) >= 11 is 0. The van der Waals surface area contributed by atoms with Crippen molar-refractivity contribution in [2.24, 2.45) is 0 Å². The number of carbonyl (C=O) groups is 1. The van der Waals surface area contributed by atoms with Gasteiger partial charge < -0.3 is 15.5 Å². The van der Waals surface area contributed by atoms with Crippen molar-refractivity contribution in [3.63, 3.8) is 0 Å². The van der Waals surface area contributed by atoms with Gasteiger partial charge in [-0.15, -0.1) is 0 Å². The zero-order chi connectivity index (χ0) is 10.1. The van der Waals surface area contributed by atoms with Crippen molar-refractivity contribution < 1.29 is 4.79 Å². The standard InChI is InChI=1S/C9H21N3O/c1-4-10-9(13)11-7-8-12(5-2)6-3/h4-8H2,1-3H3,(H2,10,11,13). The maximum absolute atomic E-state index is 11.0. The van der Waals surface area contributed by atoms with E-state index in [2.05, 4.69) is 29.4 Å². The van der Waals surface area contributed by atoms with E-state index in [0.717, 1.165) is 19.6 Å².